The van der Waals surface area contributed by atoms with Gasteiger partial charge < -0.3 is 29.7 Å². The maximum Gasteiger partial charge on any atom is 0.333 e. The number of carbonyl (C=O) groups is 2. The van der Waals surface area contributed by atoms with Crippen molar-refractivity contribution in [2.24, 2.45) is 5.92 Å². The lowest BCUT2D eigenvalue weighted by Gasteiger charge is -2.31. The van der Waals surface area contributed by atoms with Crippen LogP contribution >= 0.6 is 0 Å². The van der Waals surface area contributed by atoms with Gasteiger partial charge in [-0.25, -0.2) is 4.79 Å². The second kappa shape index (κ2) is 9.75. The number of carbonyl (C=O) groups excluding carboxylic acids is 1. The van der Waals surface area contributed by atoms with Crippen molar-refractivity contribution >= 4 is 17.6 Å². The number of anilines is 1. The summed E-state index contributed by atoms with van der Waals surface area (Å²) in [6, 6.07) is 5.49. The summed E-state index contributed by atoms with van der Waals surface area (Å²) in [5.41, 5.74) is 1.42. The van der Waals surface area contributed by atoms with Crippen LogP contribution in [0.1, 0.15) is 46.1 Å². The predicted molar refractivity (Wildman–Crippen MR) is 102 cm³/mol. The van der Waals surface area contributed by atoms with Gasteiger partial charge in [-0.15, -0.1) is 0 Å². The Morgan fingerprint density at radius 3 is 2.57 bits per heavy atom. The Kier molecular flexibility index (Phi) is 7.65. The minimum absolute atomic E-state index is 0.0253. The van der Waals surface area contributed by atoms with E-state index in [1.54, 1.807) is 19.9 Å². The van der Waals surface area contributed by atoms with E-state index in [1.807, 2.05) is 26.0 Å². The average molecular weight is 395 g/mol. The molecule has 8 nitrogen and oxygen atoms in total. The van der Waals surface area contributed by atoms with Crippen molar-refractivity contribution in [3.63, 3.8) is 0 Å². The lowest BCUT2D eigenvalue weighted by Crippen LogP contribution is -2.42. The summed E-state index contributed by atoms with van der Waals surface area (Å²) < 4.78 is 16.6. The Bertz CT molecular complexity index is 689. The molecule has 1 fully saturated rings. The van der Waals surface area contributed by atoms with E-state index in [9.17, 15) is 19.8 Å². The monoisotopic (exact) mass is 395 g/mol. The number of hydrogen-bond donors (Lipinski definition) is 3. The number of nitrogens with one attached hydrogen (secondary N) is 1. The van der Waals surface area contributed by atoms with Crippen molar-refractivity contribution in [1.29, 1.82) is 0 Å². The van der Waals surface area contributed by atoms with Crippen LogP contribution in [0.4, 0.5) is 5.69 Å². The fourth-order valence-electron chi connectivity index (χ4n) is 2.74. The zero-order valence-electron chi connectivity index (χ0n) is 16.7. The molecule has 1 aliphatic heterocycles. The molecule has 0 radical (unpaired) electrons. The normalized spacial score (nSPS) is 22.2. The molecule has 8 heteroatoms. The second-order valence-electron chi connectivity index (χ2n) is 7.53. The van der Waals surface area contributed by atoms with Gasteiger partial charge in [0.1, 0.15) is 12.4 Å². The zero-order valence-corrected chi connectivity index (χ0v) is 16.7. The predicted octanol–water partition coefficient (Wildman–Crippen LogP) is 2.54. The van der Waals surface area contributed by atoms with Crippen LogP contribution in [0.5, 0.6) is 5.75 Å². The highest BCUT2D eigenvalue weighted by molar-refractivity contribution is 5.72. The number of carboxylic acids is 1. The number of benzene rings is 1. The Balaban J connectivity index is 2.17. The first-order chi connectivity index (χ1) is 13.2. The largest absolute Gasteiger partial charge is 0.479 e. The molecule has 3 atom stereocenters. The summed E-state index contributed by atoms with van der Waals surface area (Å²) >= 11 is 0. The Morgan fingerprint density at radius 2 is 1.96 bits per heavy atom. The highest BCUT2D eigenvalue weighted by Crippen LogP contribution is 2.31. The van der Waals surface area contributed by atoms with E-state index in [-0.39, 0.29) is 37.4 Å². The molecule has 3 N–H and O–H groups in total. The van der Waals surface area contributed by atoms with Crippen molar-refractivity contribution in [3.05, 3.63) is 23.8 Å². The summed E-state index contributed by atoms with van der Waals surface area (Å²) in [6.45, 7) is 7.57. The first-order valence-electron chi connectivity index (χ1n) is 9.44. The van der Waals surface area contributed by atoms with Gasteiger partial charge in [0.25, 0.3) is 0 Å². The van der Waals surface area contributed by atoms with Crippen LogP contribution in [-0.2, 0) is 25.7 Å². The van der Waals surface area contributed by atoms with E-state index in [0.29, 0.717) is 11.4 Å². The summed E-state index contributed by atoms with van der Waals surface area (Å²) in [4.78, 5) is 22.9. The summed E-state index contributed by atoms with van der Waals surface area (Å²) in [5.74, 6) is -1.21. The molecule has 1 aromatic carbocycles. The van der Waals surface area contributed by atoms with Crippen molar-refractivity contribution in [1.82, 2.24) is 0 Å². The highest BCUT2D eigenvalue weighted by Gasteiger charge is 2.34. The van der Waals surface area contributed by atoms with Crippen molar-refractivity contribution in [3.8, 4) is 5.75 Å². The number of aliphatic hydroxyl groups excluding tert-OH is 1. The zero-order chi connectivity index (χ0) is 20.8. The van der Waals surface area contributed by atoms with Crippen molar-refractivity contribution in [2.45, 2.75) is 71.7 Å². The van der Waals surface area contributed by atoms with Crippen LogP contribution in [0, 0.1) is 5.92 Å². The molecule has 0 saturated carbocycles. The minimum atomic E-state index is -1.14. The molecular formula is C20H29NO7. The molecule has 1 aromatic rings. The molecule has 1 heterocycles. The molecule has 0 spiro atoms. The maximum absolute atomic E-state index is 11.7. The smallest absolute Gasteiger partial charge is 0.333 e. The van der Waals surface area contributed by atoms with Crippen LogP contribution in [0.25, 0.3) is 0 Å². The number of esters is 1. The van der Waals surface area contributed by atoms with Gasteiger partial charge in [0.2, 0.25) is 6.29 Å². The second-order valence-corrected chi connectivity index (χ2v) is 7.53. The van der Waals surface area contributed by atoms with Crippen LogP contribution in [0.15, 0.2) is 18.2 Å². The summed E-state index contributed by atoms with van der Waals surface area (Å²) in [5, 5.41) is 22.4. The van der Waals surface area contributed by atoms with Crippen LogP contribution < -0.4 is 10.1 Å². The number of hydrogen-bond acceptors (Lipinski definition) is 7. The van der Waals surface area contributed by atoms with E-state index in [1.165, 1.54) is 0 Å². The van der Waals surface area contributed by atoms with Gasteiger partial charge in [0, 0.05) is 18.9 Å². The van der Waals surface area contributed by atoms with Gasteiger partial charge in [-0.2, -0.15) is 0 Å². The van der Waals surface area contributed by atoms with Gasteiger partial charge in [0.15, 0.2) is 6.10 Å². The van der Waals surface area contributed by atoms with Gasteiger partial charge >= 0.3 is 11.9 Å². The van der Waals surface area contributed by atoms with E-state index >= 15 is 0 Å². The third-order valence-corrected chi connectivity index (χ3v) is 4.14. The highest BCUT2D eigenvalue weighted by atomic mass is 16.7. The average Bonchev–Trinajstić information content (AvgIpc) is 2.60. The number of aliphatic carboxylic acids is 1. The first kappa shape index (κ1) is 22.0. The summed E-state index contributed by atoms with van der Waals surface area (Å²) in [7, 11) is 0. The number of rotatable bonds is 8. The quantitative estimate of drug-likeness (QED) is 0.576. The van der Waals surface area contributed by atoms with Crippen LogP contribution in [0.3, 0.4) is 0 Å². The number of ether oxygens (including phenoxy) is 3. The molecule has 2 rings (SSSR count). The molecular weight excluding hydrogens is 366 g/mol. The Hall–Kier alpha value is -2.32. The van der Waals surface area contributed by atoms with Crippen LogP contribution in [0.2, 0.25) is 0 Å². The third kappa shape index (κ3) is 6.38. The van der Waals surface area contributed by atoms with Crippen molar-refractivity contribution < 1.29 is 34.0 Å². The van der Waals surface area contributed by atoms with Crippen molar-refractivity contribution in [2.75, 3.05) is 5.32 Å². The van der Waals surface area contributed by atoms with E-state index in [2.05, 4.69) is 5.32 Å². The third-order valence-electron chi connectivity index (χ3n) is 4.14. The van der Waals surface area contributed by atoms with E-state index in [0.717, 1.165) is 5.56 Å². The van der Waals surface area contributed by atoms with E-state index < -0.39 is 24.5 Å². The molecule has 156 valence electrons. The standard InChI is InChI=1S/C20H29NO7/c1-11(2)20(25)26-10-13-5-6-15(21-12(3)4)16(7-13)27-18-9-14(22)8-17(28-18)19(23)24/h5-7,11-12,14,17-18,21-22H,8-10H2,1-4H3,(H,23,24). The molecule has 1 aliphatic rings. The molecule has 3 unspecified atom stereocenters. The lowest BCUT2D eigenvalue weighted by atomic mass is 10.1. The van der Waals surface area contributed by atoms with Gasteiger partial charge in [-0.1, -0.05) is 19.9 Å². The van der Waals surface area contributed by atoms with E-state index in [4.69, 9.17) is 14.2 Å². The summed E-state index contributed by atoms with van der Waals surface area (Å²) in [6.07, 6.45) is -2.65. The van der Waals surface area contributed by atoms with Crippen LogP contribution in [-0.4, -0.2) is 46.7 Å². The molecule has 0 aliphatic carbocycles. The molecule has 1 saturated heterocycles. The van der Waals surface area contributed by atoms with Gasteiger partial charge in [-0.3, -0.25) is 4.79 Å². The fraction of sp³-hybridized carbons (Fsp3) is 0.600. The first-order valence-corrected chi connectivity index (χ1v) is 9.44. The number of carboxylic acid groups (broad SMARTS) is 1. The maximum atomic E-state index is 11.7. The Labute approximate surface area is 164 Å². The molecule has 0 amide bonds. The van der Waals surface area contributed by atoms with Gasteiger partial charge in [0.05, 0.1) is 17.7 Å². The lowest BCUT2D eigenvalue weighted by molar-refractivity contribution is -0.195. The Morgan fingerprint density at radius 1 is 1.25 bits per heavy atom. The molecule has 28 heavy (non-hydrogen) atoms. The number of aliphatic hydroxyl groups is 1. The fourth-order valence-corrected chi connectivity index (χ4v) is 2.74. The van der Waals surface area contributed by atoms with Gasteiger partial charge in [-0.05, 0) is 31.5 Å². The molecule has 0 bridgehead atoms. The topological polar surface area (TPSA) is 114 Å². The minimum Gasteiger partial charge on any atom is -0.479 e. The SMILES string of the molecule is CC(C)Nc1ccc(COC(=O)C(C)C)cc1OC1CC(O)CC(C(=O)O)O1. The molecule has 0 aromatic heterocycles.